The summed E-state index contributed by atoms with van der Waals surface area (Å²) >= 11 is 6.20. The van der Waals surface area contributed by atoms with E-state index in [1.807, 2.05) is 6.92 Å². The van der Waals surface area contributed by atoms with Gasteiger partial charge < -0.3 is 19.9 Å². The van der Waals surface area contributed by atoms with E-state index in [2.05, 4.69) is 25.3 Å². The number of nitrogens with zero attached hydrogens (tertiary/aromatic N) is 4. The number of phenols is 1. The van der Waals surface area contributed by atoms with Crippen LogP contribution in [0.3, 0.4) is 0 Å². The maximum absolute atomic E-state index is 14.6. The fraction of sp³-hybridized carbons (Fsp3) is 0.414. The van der Waals surface area contributed by atoms with Crippen molar-refractivity contribution in [2.24, 2.45) is 0 Å². The van der Waals surface area contributed by atoms with Gasteiger partial charge in [-0.1, -0.05) is 18.5 Å². The number of carbonyl (C=O) groups is 1. The van der Waals surface area contributed by atoms with Crippen molar-refractivity contribution in [3.63, 3.8) is 0 Å². The lowest BCUT2D eigenvalue weighted by Crippen LogP contribution is -2.50. The van der Waals surface area contributed by atoms with Gasteiger partial charge in [0.15, 0.2) is 17.1 Å². The molecule has 0 unspecified atom stereocenters. The van der Waals surface area contributed by atoms with Crippen molar-refractivity contribution in [1.29, 1.82) is 0 Å². The monoisotopic (exact) mass is 584 g/mol. The number of pyridine rings is 1. The number of amides is 1. The van der Waals surface area contributed by atoms with Crippen molar-refractivity contribution in [1.82, 2.24) is 30.3 Å². The van der Waals surface area contributed by atoms with Crippen molar-refractivity contribution < 1.29 is 23.8 Å². The van der Waals surface area contributed by atoms with Gasteiger partial charge in [0.05, 0.1) is 36.0 Å². The van der Waals surface area contributed by atoms with Gasteiger partial charge >= 0.3 is 0 Å². The van der Waals surface area contributed by atoms with E-state index in [1.165, 1.54) is 6.07 Å². The van der Waals surface area contributed by atoms with Gasteiger partial charge in [-0.05, 0) is 36.2 Å². The number of phenolic OH excluding ortho intramolecular Hbond substituents is 1. The van der Waals surface area contributed by atoms with Crippen LogP contribution in [-0.4, -0.2) is 95.5 Å². The molecule has 0 atom stereocenters. The number of aromatic nitrogens is 3. The van der Waals surface area contributed by atoms with Crippen molar-refractivity contribution in [2.75, 3.05) is 59.5 Å². The van der Waals surface area contributed by atoms with E-state index in [0.717, 1.165) is 32.6 Å². The van der Waals surface area contributed by atoms with Crippen LogP contribution in [0.15, 0.2) is 30.5 Å². The van der Waals surface area contributed by atoms with Gasteiger partial charge in [-0.2, -0.15) is 5.10 Å². The Morgan fingerprint density at radius 2 is 1.98 bits per heavy atom. The Bertz CT molecular complexity index is 1540. The highest BCUT2D eigenvalue weighted by Crippen LogP contribution is 2.45. The molecule has 2 aromatic heterocycles. The summed E-state index contributed by atoms with van der Waals surface area (Å²) in [7, 11) is 1.55. The molecule has 1 aliphatic heterocycles. The highest BCUT2D eigenvalue weighted by Gasteiger charge is 2.24. The van der Waals surface area contributed by atoms with E-state index in [4.69, 9.17) is 26.1 Å². The predicted molar refractivity (Wildman–Crippen MR) is 157 cm³/mol. The lowest BCUT2D eigenvalue weighted by Gasteiger charge is -2.34. The lowest BCUT2D eigenvalue weighted by molar-refractivity contribution is -0.122. The van der Waals surface area contributed by atoms with Crippen LogP contribution in [0.1, 0.15) is 18.9 Å². The van der Waals surface area contributed by atoms with Crippen LogP contribution < -0.4 is 14.8 Å². The number of fused-ring (bicyclic) bond motifs is 3. The van der Waals surface area contributed by atoms with E-state index in [1.54, 1.807) is 31.5 Å². The number of benzene rings is 2. The smallest absolute Gasteiger partial charge is 0.234 e. The minimum absolute atomic E-state index is 0.0554. The molecule has 218 valence electrons. The molecule has 12 heteroatoms. The van der Waals surface area contributed by atoms with Gasteiger partial charge in [-0.15, -0.1) is 0 Å². The number of aromatic hydroxyl groups is 1. The van der Waals surface area contributed by atoms with Crippen LogP contribution in [0.25, 0.3) is 33.1 Å². The Morgan fingerprint density at radius 1 is 1.20 bits per heavy atom. The highest BCUT2D eigenvalue weighted by atomic mass is 35.5. The topological polar surface area (TPSA) is 116 Å². The average Bonchev–Trinajstić information content (AvgIpc) is 3.46. The third-order valence-electron chi connectivity index (χ3n) is 7.31. The second-order valence-electron chi connectivity index (χ2n) is 10.0. The van der Waals surface area contributed by atoms with E-state index < -0.39 is 6.67 Å². The summed E-state index contributed by atoms with van der Waals surface area (Å²) in [4.78, 5) is 21.2. The number of alkyl halides is 1. The molecule has 0 aliphatic carbocycles. The zero-order valence-electron chi connectivity index (χ0n) is 23.2. The van der Waals surface area contributed by atoms with Crippen LogP contribution in [0.4, 0.5) is 4.39 Å². The fourth-order valence-electron chi connectivity index (χ4n) is 5.19. The first-order valence-corrected chi connectivity index (χ1v) is 14.1. The molecule has 1 aliphatic rings. The second kappa shape index (κ2) is 12.9. The molecule has 1 saturated heterocycles. The molecule has 41 heavy (non-hydrogen) atoms. The first-order valence-electron chi connectivity index (χ1n) is 13.7. The number of hydrogen-bond donors (Lipinski definition) is 3. The SMILES string of the molecule is CCCNC(=O)CN1CCN(CCOc2cc(CF)c3c(-c4ccc(O)c(Cl)c4)nc4[nH]ncc4c3c2OC)CC1. The fourth-order valence-corrected chi connectivity index (χ4v) is 5.37. The molecular formula is C29H34ClFN6O4. The van der Waals surface area contributed by atoms with Gasteiger partial charge in [-0.3, -0.25) is 19.7 Å². The van der Waals surface area contributed by atoms with Crippen LogP contribution in [0.2, 0.25) is 5.02 Å². The summed E-state index contributed by atoms with van der Waals surface area (Å²) in [5.41, 5.74) is 1.98. The lowest BCUT2D eigenvalue weighted by atomic mass is 9.96. The summed E-state index contributed by atoms with van der Waals surface area (Å²) in [6, 6.07) is 6.42. The number of halogens is 2. The highest BCUT2D eigenvalue weighted by molar-refractivity contribution is 6.32. The zero-order valence-corrected chi connectivity index (χ0v) is 23.9. The Kier molecular flexibility index (Phi) is 9.06. The van der Waals surface area contributed by atoms with Gasteiger partial charge in [0.2, 0.25) is 5.91 Å². The number of methoxy groups -OCH3 is 1. The normalized spacial score (nSPS) is 14.5. The van der Waals surface area contributed by atoms with E-state index >= 15 is 0 Å². The average molecular weight is 585 g/mol. The van der Waals surface area contributed by atoms with Crippen molar-refractivity contribution in [3.05, 3.63) is 41.0 Å². The molecule has 0 saturated carbocycles. The van der Waals surface area contributed by atoms with Gasteiger partial charge in [0.1, 0.15) is 19.0 Å². The molecular weight excluding hydrogens is 551 g/mol. The van der Waals surface area contributed by atoms with Crippen molar-refractivity contribution >= 4 is 39.3 Å². The third kappa shape index (κ3) is 6.17. The van der Waals surface area contributed by atoms with Crippen molar-refractivity contribution in [3.8, 4) is 28.5 Å². The first kappa shape index (κ1) is 28.8. The summed E-state index contributed by atoms with van der Waals surface area (Å²) in [6.07, 6.45) is 2.56. The zero-order chi connectivity index (χ0) is 28.9. The Morgan fingerprint density at radius 3 is 2.68 bits per heavy atom. The first-order chi connectivity index (χ1) is 19.9. The van der Waals surface area contributed by atoms with E-state index in [0.29, 0.717) is 76.4 Å². The molecule has 1 fully saturated rings. The molecule has 0 radical (unpaired) electrons. The number of nitrogens with one attached hydrogen (secondary N) is 2. The molecule has 0 spiro atoms. The van der Waals surface area contributed by atoms with E-state index in [-0.39, 0.29) is 16.7 Å². The molecule has 3 heterocycles. The standard InChI is InChI=1S/C29H34ClFN6O4/c1-3-6-32-24(39)17-37-9-7-36(8-10-37)11-12-41-23-14-19(15-31)25-26(28(23)40-2)20-16-33-35-29(20)34-27(25)18-4-5-22(38)21(30)13-18/h4-5,13-14,16,38H,3,6-12,15,17H2,1-2H3,(H,32,39)(H,33,34,35). The largest absolute Gasteiger partial charge is 0.506 e. The molecule has 4 aromatic rings. The second-order valence-corrected chi connectivity index (χ2v) is 10.4. The van der Waals surface area contributed by atoms with Crippen LogP contribution in [-0.2, 0) is 11.5 Å². The quantitative estimate of drug-likeness (QED) is 0.241. The molecule has 5 rings (SSSR count). The minimum atomic E-state index is -0.755. The minimum Gasteiger partial charge on any atom is -0.506 e. The Labute approximate surface area is 242 Å². The Balaban J connectivity index is 1.38. The molecule has 2 aromatic carbocycles. The number of piperazine rings is 1. The number of carbonyl (C=O) groups excluding carboxylic acids is 1. The number of rotatable bonds is 11. The van der Waals surface area contributed by atoms with E-state index in [9.17, 15) is 14.3 Å². The van der Waals surface area contributed by atoms with Crippen LogP contribution in [0.5, 0.6) is 17.2 Å². The molecule has 3 N–H and O–H groups in total. The van der Waals surface area contributed by atoms with Crippen LogP contribution in [0, 0.1) is 0 Å². The van der Waals surface area contributed by atoms with Gasteiger partial charge in [0.25, 0.3) is 0 Å². The molecule has 10 nitrogen and oxygen atoms in total. The van der Waals surface area contributed by atoms with Crippen LogP contribution >= 0.6 is 11.6 Å². The summed E-state index contributed by atoms with van der Waals surface area (Å²) in [6.45, 7) is 6.72. The number of H-pyrrole nitrogens is 1. The predicted octanol–water partition coefficient (Wildman–Crippen LogP) is 4.14. The third-order valence-corrected chi connectivity index (χ3v) is 7.62. The maximum Gasteiger partial charge on any atom is 0.234 e. The molecule has 0 bridgehead atoms. The summed E-state index contributed by atoms with van der Waals surface area (Å²) < 4.78 is 26.6. The summed E-state index contributed by atoms with van der Waals surface area (Å²) in [5, 5.41) is 21.9. The summed E-state index contributed by atoms with van der Waals surface area (Å²) in [5.74, 6) is 0.900. The van der Waals surface area contributed by atoms with Gasteiger partial charge in [-0.25, -0.2) is 9.37 Å². The van der Waals surface area contributed by atoms with Crippen molar-refractivity contribution in [2.45, 2.75) is 20.0 Å². The molecule has 1 amide bonds. The number of aromatic amines is 1. The maximum atomic E-state index is 14.6. The van der Waals surface area contributed by atoms with Gasteiger partial charge in [0, 0.05) is 55.6 Å². The number of hydrogen-bond acceptors (Lipinski definition) is 8. The number of ether oxygens (including phenoxy) is 2. The Hall–Kier alpha value is -3.67.